The largest absolute Gasteiger partial charge is 0.358 e. The molecule has 1 fully saturated rings. The minimum Gasteiger partial charge on any atom is -0.358 e. The summed E-state index contributed by atoms with van der Waals surface area (Å²) in [5, 5.41) is 13.4. The van der Waals surface area contributed by atoms with Crippen molar-refractivity contribution in [3.05, 3.63) is 34.4 Å². The van der Waals surface area contributed by atoms with Gasteiger partial charge in [0.1, 0.15) is 10.0 Å². The topological polar surface area (TPSA) is 75.5 Å². The number of nitrogens with zero attached hydrogens (tertiary/aromatic N) is 2. The lowest BCUT2D eigenvalue weighted by Gasteiger charge is -2.17. The molecule has 0 saturated carbocycles. The normalized spacial score (nSPS) is 14.0. The van der Waals surface area contributed by atoms with Crippen molar-refractivity contribution in [3.8, 4) is 0 Å². The number of carbonyl (C=O) groups is 1. The van der Waals surface area contributed by atoms with Crippen LogP contribution in [0.15, 0.2) is 24.3 Å². The summed E-state index contributed by atoms with van der Waals surface area (Å²) in [5.74, 6) is -0.141. The van der Waals surface area contributed by atoms with Crippen molar-refractivity contribution in [1.82, 2.24) is 4.90 Å². The highest BCUT2D eigenvalue weighted by Crippen LogP contribution is 2.23. The van der Waals surface area contributed by atoms with Gasteiger partial charge in [0.25, 0.3) is 5.69 Å². The Kier molecular flexibility index (Phi) is 5.51. The molecular formula is C13H15N3O3S2. The zero-order chi connectivity index (χ0) is 15.2. The fourth-order valence-corrected chi connectivity index (χ4v) is 3.09. The monoisotopic (exact) mass is 325 g/mol. The number of thiocarbonyl (C=S) groups is 1. The standard InChI is InChI=1S/C13H15N3O3S2/c17-12(9-21-13(20)15-7-3-4-8-15)14-10-5-1-2-6-11(10)16(18)19/h1-2,5-6H,3-4,7-9H2,(H,14,17). The number of nitrogens with one attached hydrogen (secondary N) is 1. The van der Waals surface area contributed by atoms with Crippen LogP contribution in [0.4, 0.5) is 11.4 Å². The molecule has 2 rings (SSSR count). The molecule has 1 N–H and O–H groups in total. The van der Waals surface area contributed by atoms with Gasteiger partial charge in [-0.15, -0.1) is 0 Å². The molecule has 0 aromatic heterocycles. The molecule has 0 aliphatic carbocycles. The number of carbonyl (C=O) groups excluding carboxylic acids is 1. The van der Waals surface area contributed by atoms with E-state index in [-0.39, 0.29) is 23.0 Å². The number of nitro groups is 1. The predicted octanol–water partition coefficient (Wildman–Crippen LogP) is 2.65. The third-order valence-corrected chi connectivity index (χ3v) is 4.59. The van der Waals surface area contributed by atoms with Crippen molar-refractivity contribution >= 4 is 45.6 Å². The Labute approximate surface area is 132 Å². The van der Waals surface area contributed by atoms with Crippen LogP contribution in [0.25, 0.3) is 0 Å². The summed E-state index contributed by atoms with van der Waals surface area (Å²) in [4.78, 5) is 24.3. The van der Waals surface area contributed by atoms with Crippen molar-refractivity contribution in [2.24, 2.45) is 0 Å². The average molecular weight is 325 g/mol. The summed E-state index contributed by atoms with van der Waals surface area (Å²) in [6, 6.07) is 6.08. The zero-order valence-corrected chi connectivity index (χ0v) is 12.9. The summed E-state index contributed by atoms with van der Waals surface area (Å²) < 4.78 is 0.713. The first-order valence-corrected chi connectivity index (χ1v) is 7.92. The Hall–Kier alpha value is -1.67. The third-order valence-electron chi connectivity index (χ3n) is 3.07. The lowest BCUT2D eigenvalue weighted by Crippen LogP contribution is -2.25. The number of thioether (sulfide) groups is 1. The quantitative estimate of drug-likeness (QED) is 0.521. The van der Waals surface area contributed by atoms with Crippen molar-refractivity contribution in [2.45, 2.75) is 12.8 Å². The smallest absolute Gasteiger partial charge is 0.292 e. The average Bonchev–Trinajstić information content (AvgIpc) is 2.99. The molecule has 1 aliphatic heterocycles. The van der Waals surface area contributed by atoms with E-state index in [0.717, 1.165) is 25.9 Å². The number of nitro benzene ring substituents is 1. The molecule has 0 bridgehead atoms. The van der Waals surface area contributed by atoms with Gasteiger partial charge in [0.15, 0.2) is 0 Å². The third kappa shape index (κ3) is 4.40. The molecule has 1 aliphatic rings. The van der Waals surface area contributed by atoms with Crippen LogP contribution in [0, 0.1) is 10.1 Å². The van der Waals surface area contributed by atoms with E-state index in [1.165, 1.54) is 23.9 Å². The van der Waals surface area contributed by atoms with E-state index in [9.17, 15) is 14.9 Å². The molecule has 1 heterocycles. The van der Waals surface area contributed by atoms with Crippen molar-refractivity contribution in [3.63, 3.8) is 0 Å². The minimum absolute atomic E-state index is 0.113. The second-order valence-electron chi connectivity index (χ2n) is 4.57. The molecule has 8 heteroatoms. The maximum Gasteiger partial charge on any atom is 0.292 e. The Morgan fingerprint density at radius 3 is 2.71 bits per heavy atom. The van der Waals surface area contributed by atoms with Crippen LogP contribution >= 0.6 is 24.0 Å². The lowest BCUT2D eigenvalue weighted by molar-refractivity contribution is -0.383. The number of likely N-dealkylation sites (tertiary alicyclic amines) is 1. The molecular weight excluding hydrogens is 310 g/mol. The molecule has 1 amide bonds. The van der Waals surface area contributed by atoms with Crippen LogP contribution in [0.1, 0.15) is 12.8 Å². The Morgan fingerprint density at radius 1 is 1.38 bits per heavy atom. The maximum atomic E-state index is 11.9. The molecule has 0 spiro atoms. The number of hydrogen-bond acceptors (Lipinski definition) is 5. The van der Waals surface area contributed by atoms with Gasteiger partial charge >= 0.3 is 0 Å². The van der Waals surface area contributed by atoms with E-state index in [4.69, 9.17) is 12.2 Å². The Bertz CT molecular complexity index is 559. The predicted molar refractivity (Wildman–Crippen MR) is 87.6 cm³/mol. The number of amides is 1. The lowest BCUT2D eigenvalue weighted by atomic mass is 10.2. The van der Waals surface area contributed by atoms with Gasteiger partial charge in [-0.3, -0.25) is 14.9 Å². The van der Waals surface area contributed by atoms with E-state index in [0.29, 0.717) is 4.32 Å². The van der Waals surface area contributed by atoms with Gasteiger partial charge < -0.3 is 10.2 Å². The first-order valence-electron chi connectivity index (χ1n) is 6.53. The fraction of sp³-hybridized carbons (Fsp3) is 0.385. The molecule has 1 saturated heterocycles. The molecule has 6 nitrogen and oxygen atoms in total. The number of anilines is 1. The van der Waals surface area contributed by atoms with E-state index in [1.807, 2.05) is 0 Å². The van der Waals surface area contributed by atoms with Gasteiger partial charge in [-0.1, -0.05) is 36.1 Å². The van der Waals surface area contributed by atoms with Crippen LogP contribution in [0.3, 0.4) is 0 Å². The van der Waals surface area contributed by atoms with Gasteiger partial charge in [0.05, 0.1) is 10.7 Å². The number of hydrogen-bond donors (Lipinski definition) is 1. The molecule has 112 valence electrons. The first-order chi connectivity index (χ1) is 10.1. The van der Waals surface area contributed by atoms with E-state index in [1.54, 1.807) is 12.1 Å². The van der Waals surface area contributed by atoms with Crippen LogP contribution in [0.2, 0.25) is 0 Å². The van der Waals surface area contributed by atoms with Gasteiger partial charge in [0, 0.05) is 19.2 Å². The second-order valence-corrected chi connectivity index (χ2v) is 6.18. The molecule has 21 heavy (non-hydrogen) atoms. The Morgan fingerprint density at radius 2 is 2.05 bits per heavy atom. The van der Waals surface area contributed by atoms with Crippen molar-refractivity contribution < 1.29 is 9.72 Å². The first kappa shape index (κ1) is 15.7. The summed E-state index contributed by atoms with van der Waals surface area (Å²) in [6.07, 6.45) is 2.26. The van der Waals surface area contributed by atoms with Crippen molar-refractivity contribution in [2.75, 3.05) is 24.2 Å². The molecule has 0 atom stereocenters. The Balaban J connectivity index is 1.87. The molecule has 0 radical (unpaired) electrons. The van der Waals surface area contributed by atoms with Crippen LogP contribution < -0.4 is 5.32 Å². The van der Waals surface area contributed by atoms with Gasteiger partial charge in [-0.25, -0.2) is 0 Å². The maximum absolute atomic E-state index is 11.9. The van der Waals surface area contributed by atoms with E-state index < -0.39 is 4.92 Å². The van der Waals surface area contributed by atoms with E-state index in [2.05, 4.69) is 10.2 Å². The number of benzene rings is 1. The van der Waals surface area contributed by atoms with Crippen molar-refractivity contribution in [1.29, 1.82) is 0 Å². The zero-order valence-electron chi connectivity index (χ0n) is 11.3. The van der Waals surface area contributed by atoms with Crippen LogP contribution in [-0.4, -0.2) is 38.9 Å². The van der Waals surface area contributed by atoms with Crippen LogP contribution in [0.5, 0.6) is 0 Å². The molecule has 0 unspecified atom stereocenters. The summed E-state index contributed by atoms with van der Waals surface area (Å²) in [5.41, 5.74) is 0.0955. The van der Waals surface area contributed by atoms with Gasteiger partial charge in [-0.05, 0) is 18.9 Å². The van der Waals surface area contributed by atoms with Crippen LogP contribution in [-0.2, 0) is 4.79 Å². The summed E-state index contributed by atoms with van der Waals surface area (Å²) in [7, 11) is 0. The van der Waals surface area contributed by atoms with Gasteiger partial charge in [0.2, 0.25) is 5.91 Å². The molecule has 1 aromatic carbocycles. The highest BCUT2D eigenvalue weighted by atomic mass is 32.2. The summed E-state index contributed by atoms with van der Waals surface area (Å²) >= 11 is 6.56. The molecule has 1 aromatic rings. The fourth-order valence-electron chi connectivity index (χ4n) is 2.04. The second kappa shape index (κ2) is 7.37. The SMILES string of the molecule is O=C(CSC(=S)N1CCCC1)Nc1ccccc1[N+](=O)[O-]. The minimum atomic E-state index is -0.516. The van der Waals surface area contributed by atoms with E-state index >= 15 is 0 Å². The van der Waals surface area contributed by atoms with Gasteiger partial charge in [-0.2, -0.15) is 0 Å². The highest BCUT2D eigenvalue weighted by molar-refractivity contribution is 8.23. The summed E-state index contributed by atoms with van der Waals surface area (Å²) in [6.45, 7) is 1.88. The number of rotatable bonds is 4. The number of para-hydroxylation sites is 2. The highest BCUT2D eigenvalue weighted by Gasteiger charge is 2.18.